The standard InChI is InChI=1S/C15H21N5O2S/c1-10-6-7-12(13(16-10)19(2)3)17-15(21)20(4)8-11-9-23-18-14(11)22-5/h6-7,9H,8H2,1-5H3,(H,17,21). The first-order valence-electron chi connectivity index (χ1n) is 7.06. The van der Waals surface area contributed by atoms with E-state index in [1.54, 1.807) is 19.1 Å². The third kappa shape index (κ3) is 4.10. The van der Waals surface area contributed by atoms with Crippen molar-refractivity contribution in [3.05, 3.63) is 28.8 Å². The predicted molar refractivity (Wildman–Crippen MR) is 92.5 cm³/mol. The minimum Gasteiger partial charge on any atom is -0.480 e. The molecule has 124 valence electrons. The van der Waals surface area contributed by atoms with Crippen LogP contribution in [0.4, 0.5) is 16.3 Å². The van der Waals surface area contributed by atoms with Gasteiger partial charge < -0.3 is 19.9 Å². The highest BCUT2D eigenvalue weighted by atomic mass is 32.1. The second-order valence-corrected chi connectivity index (χ2v) is 5.98. The molecule has 0 aliphatic carbocycles. The lowest BCUT2D eigenvalue weighted by molar-refractivity contribution is 0.220. The molecular formula is C15H21N5O2S. The highest BCUT2D eigenvalue weighted by Crippen LogP contribution is 2.23. The first-order chi connectivity index (χ1) is 10.9. The molecule has 2 rings (SSSR count). The number of pyridine rings is 1. The number of nitrogens with one attached hydrogen (secondary N) is 1. The lowest BCUT2D eigenvalue weighted by Gasteiger charge is -2.21. The first kappa shape index (κ1) is 17.0. The van der Waals surface area contributed by atoms with Crippen molar-refractivity contribution >= 4 is 29.1 Å². The van der Waals surface area contributed by atoms with Gasteiger partial charge in [0.15, 0.2) is 5.82 Å². The summed E-state index contributed by atoms with van der Waals surface area (Å²) in [5.74, 6) is 1.28. The zero-order chi connectivity index (χ0) is 17.0. The summed E-state index contributed by atoms with van der Waals surface area (Å²) in [7, 11) is 7.08. The minimum absolute atomic E-state index is 0.216. The fourth-order valence-corrected chi connectivity index (χ4v) is 2.68. The number of nitrogens with zero attached hydrogens (tertiary/aromatic N) is 4. The van der Waals surface area contributed by atoms with Crippen molar-refractivity contribution in [3.8, 4) is 5.88 Å². The van der Waals surface area contributed by atoms with Gasteiger partial charge in [-0.1, -0.05) is 0 Å². The van der Waals surface area contributed by atoms with Crippen molar-refractivity contribution in [1.29, 1.82) is 0 Å². The third-order valence-corrected chi connectivity index (χ3v) is 3.89. The average molecular weight is 335 g/mol. The Hall–Kier alpha value is -2.35. The van der Waals surface area contributed by atoms with Gasteiger partial charge >= 0.3 is 6.03 Å². The first-order valence-corrected chi connectivity index (χ1v) is 7.90. The van der Waals surface area contributed by atoms with Crippen molar-refractivity contribution in [2.75, 3.05) is 38.5 Å². The quantitative estimate of drug-likeness (QED) is 0.909. The largest absolute Gasteiger partial charge is 0.480 e. The van der Waals surface area contributed by atoms with Crippen LogP contribution in [-0.4, -0.2) is 48.5 Å². The highest BCUT2D eigenvalue weighted by molar-refractivity contribution is 7.03. The molecule has 0 unspecified atom stereocenters. The monoisotopic (exact) mass is 335 g/mol. The number of urea groups is 1. The molecule has 2 amide bonds. The maximum Gasteiger partial charge on any atom is 0.321 e. The second kappa shape index (κ2) is 7.28. The molecule has 2 aromatic heterocycles. The van der Waals surface area contributed by atoms with Crippen LogP contribution in [0.3, 0.4) is 0 Å². The summed E-state index contributed by atoms with van der Waals surface area (Å²) in [6.45, 7) is 2.34. The van der Waals surface area contributed by atoms with Gasteiger partial charge in [0.25, 0.3) is 0 Å². The topological polar surface area (TPSA) is 70.6 Å². The number of amides is 2. The SMILES string of the molecule is COc1nscc1CN(C)C(=O)Nc1ccc(C)nc1N(C)C. The Morgan fingerprint density at radius 3 is 2.74 bits per heavy atom. The summed E-state index contributed by atoms with van der Waals surface area (Å²) >= 11 is 1.31. The molecule has 0 aromatic carbocycles. The van der Waals surface area contributed by atoms with Gasteiger partial charge in [0.1, 0.15) is 0 Å². The number of ether oxygens (including phenoxy) is 1. The predicted octanol–water partition coefficient (Wildman–Crippen LogP) is 2.59. The van der Waals surface area contributed by atoms with E-state index in [9.17, 15) is 4.79 Å². The van der Waals surface area contributed by atoms with E-state index in [0.717, 1.165) is 17.1 Å². The smallest absolute Gasteiger partial charge is 0.321 e. The summed E-state index contributed by atoms with van der Waals surface area (Å²) in [6, 6.07) is 3.51. The highest BCUT2D eigenvalue weighted by Gasteiger charge is 2.16. The third-order valence-electron chi connectivity index (χ3n) is 3.23. The lowest BCUT2D eigenvalue weighted by Crippen LogP contribution is -2.31. The number of anilines is 2. The van der Waals surface area contributed by atoms with Crippen LogP contribution in [0.15, 0.2) is 17.5 Å². The molecule has 23 heavy (non-hydrogen) atoms. The molecule has 2 heterocycles. The van der Waals surface area contributed by atoms with Crippen molar-refractivity contribution in [2.45, 2.75) is 13.5 Å². The summed E-state index contributed by atoms with van der Waals surface area (Å²) in [4.78, 5) is 20.3. The average Bonchev–Trinajstić information content (AvgIpc) is 2.95. The number of hydrogen-bond acceptors (Lipinski definition) is 6. The number of aryl methyl sites for hydroxylation is 1. The van der Waals surface area contributed by atoms with Crippen LogP contribution in [0, 0.1) is 6.92 Å². The maximum absolute atomic E-state index is 12.4. The molecule has 7 nitrogen and oxygen atoms in total. The summed E-state index contributed by atoms with van der Waals surface area (Å²) in [5, 5.41) is 4.77. The molecule has 0 radical (unpaired) electrons. The molecule has 2 aromatic rings. The Bertz CT molecular complexity index is 686. The Balaban J connectivity index is 2.10. The number of methoxy groups -OCH3 is 1. The van der Waals surface area contributed by atoms with Gasteiger partial charge in [-0.05, 0) is 30.6 Å². The summed E-state index contributed by atoms with van der Waals surface area (Å²) in [5.41, 5.74) is 2.45. The summed E-state index contributed by atoms with van der Waals surface area (Å²) < 4.78 is 9.29. The lowest BCUT2D eigenvalue weighted by atomic mass is 10.3. The fraction of sp³-hybridized carbons (Fsp3) is 0.400. The molecule has 0 fully saturated rings. The number of carbonyl (C=O) groups excluding carboxylic acids is 1. The van der Waals surface area contributed by atoms with Crippen LogP contribution in [0.25, 0.3) is 0 Å². The van der Waals surface area contributed by atoms with E-state index in [1.807, 2.05) is 43.4 Å². The van der Waals surface area contributed by atoms with E-state index in [4.69, 9.17) is 4.74 Å². The number of carbonyl (C=O) groups is 1. The molecule has 0 saturated carbocycles. The molecule has 0 saturated heterocycles. The van der Waals surface area contributed by atoms with Crippen molar-refractivity contribution in [3.63, 3.8) is 0 Å². The van der Waals surface area contributed by atoms with Crippen LogP contribution in [0.5, 0.6) is 5.88 Å². The van der Waals surface area contributed by atoms with Gasteiger partial charge in [0.2, 0.25) is 5.88 Å². The molecule has 0 aliphatic rings. The number of rotatable bonds is 5. The van der Waals surface area contributed by atoms with Gasteiger partial charge in [0, 0.05) is 37.8 Å². The van der Waals surface area contributed by atoms with E-state index < -0.39 is 0 Å². The van der Waals surface area contributed by atoms with Gasteiger partial charge in [-0.2, -0.15) is 4.37 Å². The number of hydrogen-bond donors (Lipinski definition) is 1. The molecule has 0 bridgehead atoms. The molecular weight excluding hydrogens is 314 g/mol. The van der Waals surface area contributed by atoms with Gasteiger partial charge in [-0.3, -0.25) is 0 Å². The Morgan fingerprint density at radius 1 is 1.35 bits per heavy atom. The zero-order valence-corrected chi connectivity index (χ0v) is 14.8. The van der Waals surface area contributed by atoms with Crippen LogP contribution < -0.4 is 15.0 Å². The number of aromatic nitrogens is 2. The van der Waals surface area contributed by atoms with Crippen molar-refractivity contribution < 1.29 is 9.53 Å². The van der Waals surface area contributed by atoms with E-state index in [0.29, 0.717) is 18.1 Å². The van der Waals surface area contributed by atoms with Crippen molar-refractivity contribution in [1.82, 2.24) is 14.3 Å². The Labute approximate surface area is 140 Å². The van der Waals surface area contributed by atoms with Gasteiger partial charge in [0.05, 0.1) is 19.3 Å². The second-order valence-electron chi connectivity index (χ2n) is 5.35. The maximum atomic E-state index is 12.4. The minimum atomic E-state index is -0.216. The van der Waals surface area contributed by atoms with Gasteiger partial charge in [-0.15, -0.1) is 0 Å². The van der Waals surface area contributed by atoms with E-state index in [2.05, 4.69) is 14.7 Å². The van der Waals surface area contributed by atoms with Crippen LogP contribution >= 0.6 is 11.5 Å². The fourth-order valence-electron chi connectivity index (χ4n) is 2.04. The van der Waals surface area contributed by atoms with E-state index >= 15 is 0 Å². The molecule has 0 aliphatic heterocycles. The molecule has 0 atom stereocenters. The zero-order valence-electron chi connectivity index (χ0n) is 14.0. The van der Waals surface area contributed by atoms with Crippen molar-refractivity contribution in [2.24, 2.45) is 0 Å². The summed E-state index contributed by atoms with van der Waals surface area (Å²) in [6.07, 6.45) is 0. The molecule has 1 N–H and O–H groups in total. The molecule has 8 heteroatoms. The Morgan fingerprint density at radius 2 is 2.09 bits per heavy atom. The van der Waals surface area contributed by atoms with Crippen LogP contribution in [0.2, 0.25) is 0 Å². The molecule has 0 spiro atoms. The van der Waals surface area contributed by atoms with Crippen LogP contribution in [0.1, 0.15) is 11.3 Å². The van der Waals surface area contributed by atoms with Gasteiger partial charge in [-0.25, -0.2) is 9.78 Å². The Kier molecular flexibility index (Phi) is 5.38. The normalized spacial score (nSPS) is 10.3. The van der Waals surface area contributed by atoms with E-state index in [1.165, 1.54) is 11.5 Å². The van der Waals surface area contributed by atoms with Crippen LogP contribution in [-0.2, 0) is 6.54 Å². The van der Waals surface area contributed by atoms with E-state index in [-0.39, 0.29) is 6.03 Å².